The number of rotatable bonds is 0. The van der Waals surface area contributed by atoms with Gasteiger partial charge in [0, 0.05) is 0 Å². The van der Waals surface area contributed by atoms with Crippen LogP contribution in [-0.2, 0) is 0 Å². The number of aryl methyl sites for hydroxylation is 2. The number of hydrogen-bond acceptors (Lipinski definition) is 4. The fourth-order valence-electron chi connectivity index (χ4n) is 1.35. The predicted molar refractivity (Wildman–Crippen MR) is 52.7 cm³/mol. The van der Waals surface area contributed by atoms with Gasteiger partial charge < -0.3 is 0 Å². The van der Waals surface area contributed by atoms with E-state index in [0.29, 0.717) is 11.0 Å². The van der Waals surface area contributed by atoms with Crippen molar-refractivity contribution in [2.75, 3.05) is 0 Å². The van der Waals surface area contributed by atoms with Crippen LogP contribution < -0.4 is 11.0 Å². The molecule has 0 radical (unpaired) electrons. The van der Waals surface area contributed by atoms with Crippen LogP contribution in [0.25, 0.3) is 0 Å². The van der Waals surface area contributed by atoms with Crippen LogP contribution in [0.4, 0.5) is 0 Å². The van der Waals surface area contributed by atoms with Gasteiger partial charge in [-0.3, -0.25) is 9.98 Å². The maximum Gasteiger partial charge on any atom is 0.193 e. The van der Waals surface area contributed by atoms with Gasteiger partial charge in [-0.1, -0.05) is 0 Å². The van der Waals surface area contributed by atoms with Gasteiger partial charge in [-0.05, 0) is 27.7 Å². The van der Waals surface area contributed by atoms with Crippen LogP contribution >= 0.6 is 0 Å². The highest BCUT2D eigenvalue weighted by Crippen LogP contribution is 2.02. The Morgan fingerprint density at radius 3 is 1.50 bits per heavy atom. The molecule has 1 aromatic rings. The van der Waals surface area contributed by atoms with Crippen LogP contribution in [0, 0.1) is 13.8 Å². The van der Waals surface area contributed by atoms with Crippen molar-refractivity contribution in [1.82, 2.24) is 9.97 Å². The summed E-state index contributed by atoms with van der Waals surface area (Å²) in [5.74, 6) is 0. The van der Waals surface area contributed by atoms with E-state index >= 15 is 0 Å². The first-order valence-corrected chi connectivity index (χ1v) is 4.85. The van der Waals surface area contributed by atoms with E-state index in [1.807, 2.05) is 27.7 Å². The molecule has 0 aliphatic carbocycles. The molecule has 1 aliphatic heterocycles. The van der Waals surface area contributed by atoms with Gasteiger partial charge in [0.15, 0.2) is 11.0 Å². The number of fused-ring (bicyclic) bond motifs is 1. The zero-order chi connectivity index (χ0) is 10.3. The maximum absolute atomic E-state index is 4.46. The first-order valence-electron chi connectivity index (χ1n) is 4.85. The Morgan fingerprint density at radius 1 is 0.786 bits per heavy atom. The summed E-state index contributed by atoms with van der Waals surface area (Å²) in [5.41, 5.74) is 3.26. The molecule has 0 aromatic carbocycles. The van der Waals surface area contributed by atoms with Crippen LogP contribution in [0.1, 0.15) is 25.2 Å². The Morgan fingerprint density at radius 2 is 1.14 bits per heavy atom. The van der Waals surface area contributed by atoms with E-state index in [1.165, 1.54) is 0 Å². The molecule has 4 heteroatoms. The second kappa shape index (κ2) is 3.12. The highest BCUT2D eigenvalue weighted by molar-refractivity contribution is 5.05. The van der Waals surface area contributed by atoms with E-state index in [1.54, 1.807) is 0 Å². The number of hydrogen-bond donors (Lipinski definition) is 0. The molecule has 0 saturated heterocycles. The third kappa shape index (κ3) is 1.41. The molecular weight excluding hydrogens is 176 g/mol. The van der Waals surface area contributed by atoms with Gasteiger partial charge in [0.05, 0.1) is 23.5 Å². The van der Waals surface area contributed by atoms with Gasteiger partial charge >= 0.3 is 0 Å². The molecule has 2 heterocycles. The highest BCUT2D eigenvalue weighted by atomic mass is 15.0. The molecule has 2 atom stereocenters. The van der Waals surface area contributed by atoms with E-state index in [-0.39, 0.29) is 12.1 Å². The fourth-order valence-corrected chi connectivity index (χ4v) is 1.35. The minimum Gasteiger partial charge on any atom is -0.258 e. The van der Waals surface area contributed by atoms with E-state index < -0.39 is 0 Å². The normalized spacial score (nSPS) is 24.9. The Bertz CT molecular complexity index is 433. The molecule has 0 spiro atoms. The summed E-state index contributed by atoms with van der Waals surface area (Å²) >= 11 is 0. The van der Waals surface area contributed by atoms with Gasteiger partial charge in [0.25, 0.3) is 0 Å². The maximum atomic E-state index is 4.46. The second-order valence-corrected chi connectivity index (χ2v) is 3.78. The largest absolute Gasteiger partial charge is 0.258 e. The molecule has 2 unspecified atom stereocenters. The average molecular weight is 190 g/mol. The summed E-state index contributed by atoms with van der Waals surface area (Å²) in [4.78, 5) is 17.7. The van der Waals surface area contributed by atoms with Gasteiger partial charge in [-0.15, -0.1) is 0 Å². The van der Waals surface area contributed by atoms with Crippen molar-refractivity contribution in [3.63, 3.8) is 0 Å². The minimum atomic E-state index is 0.207. The zero-order valence-corrected chi connectivity index (χ0v) is 8.94. The predicted octanol–water partition coefficient (Wildman–Crippen LogP) is 0.123. The summed E-state index contributed by atoms with van der Waals surface area (Å²) < 4.78 is 0. The Kier molecular flexibility index (Phi) is 2.06. The Balaban J connectivity index is 2.74. The lowest BCUT2D eigenvalue weighted by molar-refractivity contribution is 0.546. The van der Waals surface area contributed by atoms with Crippen LogP contribution in [0.15, 0.2) is 9.98 Å². The lowest BCUT2D eigenvalue weighted by atomic mass is 10.2. The van der Waals surface area contributed by atoms with Crippen molar-refractivity contribution in [2.24, 2.45) is 9.98 Å². The zero-order valence-electron chi connectivity index (χ0n) is 8.94. The molecule has 1 aromatic heterocycles. The molecule has 0 amide bonds. The van der Waals surface area contributed by atoms with Crippen molar-refractivity contribution in [3.05, 3.63) is 22.4 Å². The molecular formula is C10H14N4. The lowest BCUT2D eigenvalue weighted by Gasteiger charge is -2.14. The molecule has 0 bridgehead atoms. The summed E-state index contributed by atoms with van der Waals surface area (Å²) in [5, 5.41) is 0. The van der Waals surface area contributed by atoms with Crippen LogP contribution in [-0.4, -0.2) is 22.1 Å². The second-order valence-electron chi connectivity index (χ2n) is 3.78. The van der Waals surface area contributed by atoms with Crippen molar-refractivity contribution in [3.8, 4) is 0 Å². The summed E-state index contributed by atoms with van der Waals surface area (Å²) in [6, 6.07) is 0.415. The lowest BCUT2D eigenvalue weighted by Crippen LogP contribution is -2.41. The molecule has 0 fully saturated rings. The van der Waals surface area contributed by atoms with E-state index in [0.717, 1.165) is 11.4 Å². The Hall–Kier alpha value is -1.32. The smallest absolute Gasteiger partial charge is 0.193 e. The van der Waals surface area contributed by atoms with Gasteiger partial charge in [0.1, 0.15) is 0 Å². The third-order valence-electron chi connectivity index (χ3n) is 2.62. The monoisotopic (exact) mass is 190 g/mol. The topological polar surface area (TPSA) is 50.5 Å². The molecule has 0 saturated carbocycles. The summed E-state index contributed by atoms with van der Waals surface area (Å²) in [6.07, 6.45) is 0. The SMILES string of the molecule is Cc1nc2c(nc1C)=NC(C)C(C)N=2. The molecule has 14 heavy (non-hydrogen) atoms. The van der Waals surface area contributed by atoms with E-state index in [2.05, 4.69) is 20.0 Å². The third-order valence-corrected chi connectivity index (χ3v) is 2.62. The quantitative estimate of drug-likeness (QED) is 0.583. The first-order chi connectivity index (χ1) is 6.58. The first kappa shape index (κ1) is 9.24. The van der Waals surface area contributed by atoms with Crippen molar-refractivity contribution < 1.29 is 0 Å². The fraction of sp³-hybridized carbons (Fsp3) is 0.600. The van der Waals surface area contributed by atoms with E-state index in [9.17, 15) is 0 Å². The van der Waals surface area contributed by atoms with Crippen LogP contribution in [0.5, 0.6) is 0 Å². The number of nitrogens with zero attached hydrogens (tertiary/aromatic N) is 4. The van der Waals surface area contributed by atoms with Gasteiger partial charge in [-0.25, -0.2) is 9.97 Å². The van der Waals surface area contributed by atoms with Crippen LogP contribution in [0.3, 0.4) is 0 Å². The molecule has 4 nitrogen and oxygen atoms in total. The van der Waals surface area contributed by atoms with Gasteiger partial charge in [-0.2, -0.15) is 0 Å². The van der Waals surface area contributed by atoms with Crippen molar-refractivity contribution in [2.45, 2.75) is 39.8 Å². The van der Waals surface area contributed by atoms with Crippen LogP contribution in [0.2, 0.25) is 0 Å². The number of aromatic nitrogens is 2. The average Bonchev–Trinajstić information content (AvgIpc) is 2.11. The van der Waals surface area contributed by atoms with Gasteiger partial charge in [0.2, 0.25) is 0 Å². The van der Waals surface area contributed by atoms with Crippen molar-refractivity contribution in [1.29, 1.82) is 0 Å². The highest BCUT2D eigenvalue weighted by Gasteiger charge is 2.14. The molecule has 1 aliphatic rings. The molecule has 2 rings (SSSR count). The minimum absolute atomic E-state index is 0.207. The molecule has 0 N–H and O–H groups in total. The Labute approximate surface area is 82.8 Å². The molecule has 74 valence electrons. The summed E-state index contributed by atoms with van der Waals surface area (Å²) in [7, 11) is 0. The van der Waals surface area contributed by atoms with E-state index in [4.69, 9.17) is 0 Å². The standard InChI is InChI=1S/C10H14N4/c1-5-6(2)12-10-9(11-5)13-7(3)8(4)14-10/h5-6H,1-4H3. The van der Waals surface area contributed by atoms with Crippen molar-refractivity contribution >= 4 is 0 Å². The summed E-state index contributed by atoms with van der Waals surface area (Å²) in [6.45, 7) is 7.99.